The van der Waals surface area contributed by atoms with E-state index in [0.29, 0.717) is 22.0 Å². The maximum Gasteiger partial charge on any atom is 0.328 e. The normalized spacial score (nSPS) is 17.5. The van der Waals surface area contributed by atoms with E-state index in [1.165, 1.54) is 18.9 Å². The molecule has 4 bridgehead atoms. The van der Waals surface area contributed by atoms with Gasteiger partial charge in [0, 0.05) is 29.8 Å². The van der Waals surface area contributed by atoms with Crippen LogP contribution in [-0.2, 0) is 14.3 Å². The van der Waals surface area contributed by atoms with Crippen molar-refractivity contribution >= 4 is 35.5 Å². The van der Waals surface area contributed by atoms with Crippen LogP contribution in [0.15, 0.2) is 23.2 Å². The molecule has 2 heterocycles. The summed E-state index contributed by atoms with van der Waals surface area (Å²) >= 11 is 1.37. The first kappa shape index (κ1) is 22.5. The van der Waals surface area contributed by atoms with Gasteiger partial charge in [-0.2, -0.15) is 0 Å². The van der Waals surface area contributed by atoms with Gasteiger partial charge in [-0.15, -0.1) is 11.8 Å². The van der Waals surface area contributed by atoms with Gasteiger partial charge in [0.15, 0.2) is 0 Å². The Morgan fingerprint density at radius 3 is 2.65 bits per heavy atom. The third kappa shape index (κ3) is 5.52. The van der Waals surface area contributed by atoms with E-state index >= 15 is 0 Å². The molecule has 0 saturated heterocycles. The number of nitrogen functional groups attached to an aromatic ring is 1. The lowest BCUT2D eigenvalue weighted by atomic mass is 9.97. The number of carbonyl (C=O) groups is 3. The molecule has 2 aromatic rings. The average Bonchev–Trinajstić information content (AvgIpc) is 2.71. The number of aromatic nitrogens is 2. The number of fused-ring (bicyclic) bond motifs is 5. The molecule has 0 spiro atoms. The number of amides is 2. The molecular weight excluding hydrogens is 418 g/mol. The summed E-state index contributed by atoms with van der Waals surface area (Å²) in [5.74, 6) is -0.566. The first-order valence-electron chi connectivity index (χ1n) is 9.83. The highest BCUT2D eigenvalue weighted by molar-refractivity contribution is 7.99. The SMILES string of the molecule is COC(=O)[C@H]1CCNC(=O)c2cc(c(C)cc2C)-c2cc(nc(N)n2)SCCC(=O)N1. The number of anilines is 1. The predicted molar refractivity (Wildman–Crippen MR) is 118 cm³/mol. The van der Waals surface area contributed by atoms with Gasteiger partial charge in [0.05, 0.1) is 12.8 Å². The highest BCUT2D eigenvalue weighted by Crippen LogP contribution is 2.29. The highest BCUT2D eigenvalue weighted by Gasteiger charge is 2.22. The van der Waals surface area contributed by atoms with E-state index in [0.717, 1.165) is 16.7 Å². The number of aryl methyl sites for hydroxylation is 2. The van der Waals surface area contributed by atoms with Crippen molar-refractivity contribution in [3.05, 3.63) is 34.9 Å². The van der Waals surface area contributed by atoms with Crippen LogP contribution in [0.2, 0.25) is 0 Å². The van der Waals surface area contributed by atoms with Crippen molar-refractivity contribution in [3.63, 3.8) is 0 Å². The molecule has 0 fully saturated rings. The topological polar surface area (TPSA) is 136 Å². The van der Waals surface area contributed by atoms with Crippen molar-refractivity contribution < 1.29 is 19.1 Å². The van der Waals surface area contributed by atoms with Gasteiger partial charge in [0.25, 0.3) is 5.91 Å². The minimum Gasteiger partial charge on any atom is -0.467 e. The van der Waals surface area contributed by atoms with Crippen LogP contribution in [0.5, 0.6) is 0 Å². The number of hydrogen-bond donors (Lipinski definition) is 3. The largest absolute Gasteiger partial charge is 0.467 e. The molecule has 3 rings (SSSR count). The Hall–Kier alpha value is -3.14. The second kappa shape index (κ2) is 9.78. The summed E-state index contributed by atoms with van der Waals surface area (Å²) in [5.41, 5.74) is 9.57. The van der Waals surface area contributed by atoms with Gasteiger partial charge in [0.1, 0.15) is 11.1 Å². The van der Waals surface area contributed by atoms with Crippen LogP contribution in [-0.4, -0.2) is 53.2 Å². The molecule has 1 aromatic heterocycles. The van der Waals surface area contributed by atoms with Crippen molar-refractivity contribution in [2.75, 3.05) is 25.1 Å². The molecule has 1 aromatic carbocycles. The fraction of sp³-hybridized carbons (Fsp3) is 0.381. The van der Waals surface area contributed by atoms with E-state index in [4.69, 9.17) is 10.5 Å². The minimum absolute atomic E-state index is 0.113. The summed E-state index contributed by atoms with van der Waals surface area (Å²) < 4.78 is 4.78. The van der Waals surface area contributed by atoms with Crippen molar-refractivity contribution in [2.24, 2.45) is 0 Å². The summed E-state index contributed by atoms with van der Waals surface area (Å²) in [7, 11) is 1.26. The van der Waals surface area contributed by atoms with Crippen molar-refractivity contribution in [3.8, 4) is 11.3 Å². The number of ether oxygens (including phenoxy) is 1. The van der Waals surface area contributed by atoms with Crippen LogP contribution in [0.4, 0.5) is 5.95 Å². The Balaban J connectivity index is 2.00. The molecule has 0 radical (unpaired) electrons. The summed E-state index contributed by atoms with van der Waals surface area (Å²) in [6.07, 6.45) is 0.394. The van der Waals surface area contributed by atoms with Crippen LogP contribution in [0.3, 0.4) is 0 Å². The molecular formula is C21H25N5O4S. The van der Waals surface area contributed by atoms with Gasteiger partial charge < -0.3 is 21.1 Å². The van der Waals surface area contributed by atoms with Gasteiger partial charge >= 0.3 is 5.97 Å². The van der Waals surface area contributed by atoms with Gasteiger partial charge in [-0.05, 0) is 43.5 Å². The summed E-state index contributed by atoms with van der Waals surface area (Å²) in [6, 6.07) is 4.67. The lowest BCUT2D eigenvalue weighted by Gasteiger charge is -2.18. The van der Waals surface area contributed by atoms with Gasteiger partial charge in [-0.1, -0.05) is 6.07 Å². The molecule has 31 heavy (non-hydrogen) atoms. The number of methoxy groups -OCH3 is 1. The number of nitrogens with one attached hydrogen (secondary N) is 2. The summed E-state index contributed by atoms with van der Waals surface area (Å²) in [4.78, 5) is 45.7. The van der Waals surface area contributed by atoms with Crippen molar-refractivity contribution in [2.45, 2.75) is 37.8 Å². The number of esters is 1. The number of hydrogen-bond acceptors (Lipinski definition) is 8. The summed E-state index contributed by atoms with van der Waals surface area (Å²) in [6.45, 7) is 4.00. The molecule has 1 aliphatic rings. The molecule has 0 unspecified atom stereocenters. The number of nitrogens with zero attached hydrogens (tertiary/aromatic N) is 2. The standard InChI is InChI=1S/C21H25N5O4S/c1-11-8-12(2)14-9-13(11)16-10-18(26-21(22)25-16)31-7-5-17(27)24-15(20(29)30-3)4-6-23-19(14)28/h8-10,15H,4-7H2,1-3H3,(H,23,28)(H,24,27)(H2,22,25,26)/t15-/m1/s1. The molecule has 164 valence electrons. The molecule has 0 saturated carbocycles. The monoisotopic (exact) mass is 443 g/mol. The average molecular weight is 444 g/mol. The third-order valence-electron chi connectivity index (χ3n) is 4.93. The van der Waals surface area contributed by atoms with E-state index in [1.54, 1.807) is 12.1 Å². The molecule has 10 heteroatoms. The van der Waals surface area contributed by atoms with Crippen LogP contribution >= 0.6 is 11.8 Å². The molecule has 9 nitrogen and oxygen atoms in total. The van der Waals surface area contributed by atoms with Gasteiger partial charge in [-0.3, -0.25) is 9.59 Å². The Morgan fingerprint density at radius 1 is 1.16 bits per heavy atom. The second-order valence-corrected chi connectivity index (χ2v) is 8.33. The zero-order chi connectivity index (χ0) is 22.5. The summed E-state index contributed by atoms with van der Waals surface area (Å²) in [5, 5.41) is 6.11. The smallest absolute Gasteiger partial charge is 0.328 e. The van der Waals surface area contributed by atoms with Crippen LogP contribution in [0.25, 0.3) is 11.3 Å². The maximum atomic E-state index is 12.8. The fourth-order valence-electron chi connectivity index (χ4n) is 3.36. The van der Waals surface area contributed by atoms with E-state index in [1.807, 2.05) is 19.9 Å². The van der Waals surface area contributed by atoms with Gasteiger partial charge in [-0.25, -0.2) is 14.8 Å². The zero-order valence-electron chi connectivity index (χ0n) is 17.7. The number of nitrogens with two attached hydrogens (primary N) is 1. The minimum atomic E-state index is -0.841. The van der Waals surface area contributed by atoms with E-state index in [9.17, 15) is 14.4 Å². The van der Waals surface area contributed by atoms with E-state index in [2.05, 4.69) is 20.6 Å². The van der Waals surface area contributed by atoms with E-state index in [-0.39, 0.29) is 37.1 Å². The zero-order valence-corrected chi connectivity index (χ0v) is 18.5. The number of benzene rings is 1. The van der Waals surface area contributed by atoms with Crippen molar-refractivity contribution in [1.29, 1.82) is 0 Å². The molecule has 1 aliphatic heterocycles. The first-order chi connectivity index (χ1) is 14.8. The van der Waals surface area contributed by atoms with Gasteiger partial charge in [0.2, 0.25) is 11.9 Å². The maximum absolute atomic E-state index is 12.8. The van der Waals surface area contributed by atoms with E-state index < -0.39 is 12.0 Å². The van der Waals surface area contributed by atoms with Crippen LogP contribution in [0, 0.1) is 13.8 Å². The number of rotatable bonds is 1. The third-order valence-corrected chi connectivity index (χ3v) is 5.84. The Labute approximate surface area is 184 Å². The Morgan fingerprint density at radius 2 is 1.90 bits per heavy atom. The lowest BCUT2D eigenvalue weighted by molar-refractivity contribution is -0.145. The quantitative estimate of drug-likeness (QED) is 0.447. The van der Waals surface area contributed by atoms with Crippen LogP contribution in [0.1, 0.15) is 34.3 Å². The number of thioether (sulfide) groups is 1. The molecule has 1 atom stereocenters. The van der Waals surface area contributed by atoms with Crippen molar-refractivity contribution in [1.82, 2.24) is 20.6 Å². The number of carbonyl (C=O) groups excluding carboxylic acids is 3. The molecule has 0 aliphatic carbocycles. The first-order valence-corrected chi connectivity index (χ1v) is 10.8. The highest BCUT2D eigenvalue weighted by atomic mass is 32.2. The second-order valence-electron chi connectivity index (χ2n) is 7.22. The molecule has 2 amide bonds. The Kier molecular flexibility index (Phi) is 7.11. The lowest BCUT2D eigenvalue weighted by Crippen LogP contribution is -2.43. The fourth-order valence-corrected chi connectivity index (χ4v) is 4.21. The predicted octanol–water partition coefficient (Wildman–Crippen LogP) is 1.62. The Bertz CT molecular complexity index is 1030. The van der Waals surface area contributed by atoms with Crippen LogP contribution < -0.4 is 16.4 Å². The molecule has 4 N–H and O–H groups in total.